The molecule has 0 aliphatic carbocycles. The standard InChI is InChI=1S/C21H22N6O3/c28-27(29)19-3-1-2-16(12-19)14-22-20-13-21(24-15-23-20)25-17-4-6-18(7-5-17)26-8-10-30-11-9-26/h1-7,12-13,15H,8-11,14H2,(H2,22,23,24,25). The molecule has 0 radical (unpaired) electrons. The average Bonchev–Trinajstić information content (AvgIpc) is 2.79. The van der Waals surface area contributed by atoms with E-state index in [1.165, 1.54) is 18.1 Å². The molecule has 2 heterocycles. The maximum absolute atomic E-state index is 10.9. The van der Waals surface area contributed by atoms with Crippen LogP contribution in [0.15, 0.2) is 60.9 Å². The van der Waals surface area contributed by atoms with Crippen LogP contribution >= 0.6 is 0 Å². The molecule has 0 atom stereocenters. The fourth-order valence-corrected chi connectivity index (χ4v) is 3.22. The van der Waals surface area contributed by atoms with Crippen LogP contribution < -0.4 is 15.5 Å². The fourth-order valence-electron chi connectivity index (χ4n) is 3.22. The first-order chi connectivity index (χ1) is 14.7. The van der Waals surface area contributed by atoms with Gasteiger partial charge in [-0.3, -0.25) is 10.1 Å². The smallest absolute Gasteiger partial charge is 0.269 e. The Hall–Kier alpha value is -3.72. The Morgan fingerprint density at radius 2 is 1.80 bits per heavy atom. The number of nitrogens with one attached hydrogen (secondary N) is 2. The molecule has 1 aromatic heterocycles. The summed E-state index contributed by atoms with van der Waals surface area (Å²) in [6, 6.07) is 16.5. The van der Waals surface area contributed by atoms with Gasteiger partial charge in [0.15, 0.2) is 0 Å². The van der Waals surface area contributed by atoms with Crippen molar-refractivity contribution in [3.05, 3.63) is 76.6 Å². The molecule has 30 heavy (non-hydrogen) atoms. The number of ether oxygens (including phenoxy) is 1. The van der Waals surface area contributed by atoms with Crippen molar-refractivity contribution in [3.63, 3.8) is 0 Å². The van der Waals surface area contributed by atoms with Crippen molar-refractivity contribution >= 4 is 28.7 Å². The van der Waals surface area contributed by atoms with Gasteiger partial charge in [-0.05, 0) is 29.8 Å². The minimum atomic E-state index is -0.402. The zero-order valence-corrected chi connectivity index (χ0v) is 16.3. The largest absolute Gasteiger partial charge is 0.378 e. The van der Waals surface area contributed by atoms with Gasteiger partial charge in [0.1, 0.15) is 18.0 Å². The Labute approximate surface area is 173 Å². The SMILES string of the molecule is O=[N+]([O-])c1cccc(CNc2cc(Nc3ccc(N4CCOCC4)cc3)ncn2)c1. The highest BCUT2D eigenvalue weighted by Gasteiger charge is 2.11. The highest BCUT2D eigenvalue weighted by atomic mass is 16.6. The molecule has 1 aliphatic rings. The van der Waals surface area contributed by atoms with Crippen molar-refractivity contribution in [1.82, 2.24) is 9.97 Å². The second-order valence-electron chi connectivity index (χ2n) is 6.84. The molecule has 0 amide bonds. The predicted molar refractivity (Wildman–Crippen MR) is 115 cm³/mol. The van der Waals surface area contributed by atoms with E-state index >= 15 is 0 Å². The molecule has 0 unspecified atom stereocenters. The quantitative estimate of drug-likeness (QED) is 0.453. The summed E-state index contributed by atoms with van der Waals surface area (Å²) in [5.74, 6) is 1.29. The summed E-state index contributed by atoms with van der Waals surface area (Å²) in [7, 11) is 0. The van der Waals surface area contributed by atoms with E-state index in [0.717, 1.165) is 37.6 Å². The maximum atomic E-state index is 10.9. The highest BCUT2D eigenvalue weighted by molar-refractivity contribution is 5.62. The minimum absolute atomic E-state index is 0.0693. The highest BCUT2D eigenvalue weighted by Crippen LogP contribution is 2.22. The van der Waals surface area contributed by atoms with Crippen molar-refractivity contribution in [3.8, 4) is 0 Å². The molecular formula is C21H22N6O3. The van der Waals surface area contributed by atoms with E-state index in [0.29, 0.717) is 18.2 Å². The number of morpholine rings is 1. The van der Waals surface area contributed by atoms with E-state index in [2.05, 4.69) is 37.6 Å². The van der Waals surface area contributed by atoms with Crippen molar-refractivity contribution in [2.24, 2.45) is 0 Å². The minimum Gasteiger partial charge on any atom is -0.378 e. The van der Waals surface area contributed by atoms with Crippen LogP contribution in [0.1, 0.15) is 5.56 Å². The van der Waals surface area contributed by atoms with Crippen LogP contribution in [0.5, 0.6) is 0 Å². The number of nitro groups is 1. The Kier molecular flexibility index (Phi) is 6.00. The normalized spacial score (nSPS) is 13.7. The van der Waals surface area contributed by atoms with Crippen LogP contribution in [0.4, 0.5) is 28.7 Å². The predicted octanol–water partition coefficient (Wildman–Crippen LogP) is 3.58. The number of nitrogens with zero attached hydrogens (tertiary/aromatic N) is 4. The van der Waals surface area contributed by atoms with Crippen LogP contribution in [0.25, 0.3) is 0 Å². The molecule has 4 rings (SSSR count). The lowest BCUT2D eigenvalue weighted by atomic mass is 10.2. The monoisotopic (exact) mass is 406 g/mol. The van der Waals surface area contributed by atoms with Gasteiger partial charge in [-0.1, -0.05) is 12.1 Å². The Bertz CT molecular complexity index is 1010. The summed E-state index contributed by atoms with van der Waals surface area (Å²) in [6.07, 6.45) is 1.47. The zero-order chi connectivity index (χ0) is 20.8. The lowest BCUT2D eigenvalue weighted by Crippen LogP contribution is -2.36. The van der Waals surface area contributed by atoms with E-state index in [-0.39, 0.29) is 5.69 Å². The molecule has 1 saturated heterocycles. The van der Waals surface area contributed by atoms with Crippen molar-refractivity contribution in [2.75, 3.05) is 41.8 Å². The van der Waals surface area contributed by atoms with Gasteiger partial charge in [-0.25, -0.2) is 9.97 Å². The first-order valence-corrected chi connectivity index (χ1v) is 9.66. The van der Waals surface area contributed by atoms with Gasteiger partial charge in [0, 0.05) is 49.2 Å². The Balaban J connectivity index is 1.37. The number of hydrogen-bond acceptors (Lipinski definition) is 8. The molecule has 2 N–H and O–H groups in total. The van der Waals surface area contributed by atoms with Crippen LogP contribution in [0, 0.1) is 10.1 Å². The number of aromatic nitrogens is 2. The van der Waals surface area contributed by atoms with E-state index in [9.17, 15) is 10.1 Å². The number of non-ortho nitro benzene ring substituents is 1. The van der Waals surface area contributed by atoms with Crippen molar-refractivity contribution < 1.29 is 9.66 Å². The Morgan fingerprint density at radius 1 is 1.03 bits per heavy atom. The van der Waals surface area contributed by atoms with Crippen LogP contribution in [-0.2, 0) is 11.3 Å². The molecule has 0 spiro atoms. The molecule has 154 valence electrons. The first kappa shape index (κ1) is 19.6. The summed E-state index contributed by atoms with van der Waals surface area (Å²) in [5, 5.41) is 17.4. The molecule has 9 heteroatoms. The number of hydrogen-bond donors (Lipinski definition) is 2. The van der Waals surface area contributed by atoms with Gasteiger partial charge in [0.05, 0.1) is 18.1 Å². The second kappa shape index (κ2) is 9.19. The second-order valence-corrected chi connectivity index (χ2v) is 6.84. The molecular weight excluding hydrogens is 384 g/mol. The van der Waals surface area contributed by atoms with E-state index in [1.807, 2.05) is 18.2 Å². The molecule has 1 aliphatic heterocycles. The molecule has 1 fully saturated rings. The number of rotatable bonds is 7. The average molecular weight is 406 g/mol. The Morgan fingerprint density at radius 3 is 2.57 bits per heavy atom. The van der Waals surface area contributed by atoms with Crippen LogP contribution in [-0.4, -0.2) is 41.2 Å². The van der Waals surface area contributed by atoms with Gasteiger partial charge in [0.25, 0.3) is 5.69 Å². The van der Waals surface area contributed by atoms with Gasteiger partial charge in [-0.2, -0.15) is 0 Å². The number of nitro benzene ring substituents is 1. The lowest BCUT2D eigenvalue weighted by molar-refractivity contribution is -0.384. The van der Waals surface area contributed by atoms with E-state index < -0.39 is 4.92 Å². The van der Waals surface area contributed by atoms with Crippen molar-refractivity contribution in [2.45, 2.75) is 6.54 Å². The number of benzene rings is 2. The molecule has 0 bridgehead atoms. The van der Waals surface area contributed by atoms with Gasteiger partial charge in [-0.15, -0.1) is 0 Å². The molecule has 0 saturated carbocycles. The molecule has 9 nitrogen and oxygen atoms in total. The van der Waals surface area contributed by atoms with E-state index in [4.69, 9.17) is 4.74 Å². The third-order valence-electron chi connectivity index (χ3n) is 4.78. The lowest BCUT2D eigenvalue weighted by Gasteiger charge is -2.28. The summed E-state index contributed by atoms with van der Waals surface area (Å²) in [5.41, 5.74) is 2.97. The van der Waals surface area contributed by atoms with Gasteiger partial charge in [0.2, 0.25) is 0 Å². The summed E-state index contributed by atoms with van der Waals surface area (Å²) >= 11 is 0. The first-order valence-electron chi connectivity index (χ1n) is 9.66. The zero-order valence-electron chi connectivity index (χ0n) is 16.3. The van der Waals surface area contributed by atoms with Crippen LogP contribution in [0.2, 0.25) is 0 Å². The number of anilines is 4. The molecule has 3 aromatic rings. The van der Waals surface area contributed by atoms with Crippen LogP contribution in [0.3, 0.4) is 0 Å². The third-order valence-corrected chi connectivity index (χ3v) is 4.78. The summed E-state index contributed by atoms with van der Waals surface area (Å²) in [6.45, 7) is 3.74. The molecule has 2 aromatic carbocycles. The summed E-state index contributed by atoms with van der Waals surface area (Å²) in [4.78, 5) is 21.3. The van der Waals surface area contributed by atoms with Gasteiger partial charge < -0.3 is 20.3 Å². The van der Waals surface area contributed by atoms with Crippen molar-refractivity contribution in [1.29, 1.82) is 0 Å². The third kappa shape index (κ3) is 5.00. The van der Waals surface area contributed by atoms with Gasteiger partial charge >= 0.3 is 0 Å². The topological polar surface area (TPSA) is 105 Å². The maximum Gasteiger partial charge on any atom is 0.269 e. The summed E-state index contributed by atoms with van der Waals surface area (Å²) < 4.78 is 5.40. The van der Waals surface area contributed by atoms with E-state index in [1.54, 1.807) is 18.2 Å². The fraction of sp³-hybridized carbons (Fsp3) is 0.238.